The Balaban J connectivity index is 2.12. The fourth-order valence-corrected chi connectivity index (χ4v) is 2.88. The Labute approximate surface area is 97.2 Å². The second-order valence-electron chi connectivity index (χ2n) is 3.73. The molecule has 0 amide bonds. The molecule has 80 valence electrons. The molecule has 2 heterocycles. The van der Waals surface area contributed by atoms with Crippen molar-refractivity contribution < 1.29 is 5.11 Å². The molecule has 3 aromatic rings. The van der Waals surface area contributed by atoms with Crippen LogP contribution in [0.1, 0.15) is 17.2 Å². The van der Waals surface area contributed by atoms with E-state index in [9.17, 15) is 5.11 Å². The van der Waals surface area contributed by atoms with Gasteiger partial charge in [-0.2, -0.15) is 0 Å². The first-order chi connectivity index (χ1) is 7.86. The van der Waals surface area contributed by atoms with Crippen molar-refractivity contribution in [2.75, 3.05) is 0 Å². The van der Waals surface area contributed by atoms with E-state index in [4.69, 9.17) is 0 Å². The van der Waals surface area contributed by atoms with E-state index in [0.29, 0.717) is 0 Å². The Morgan fingerprint density at radius 3 is 2.88 bits per heavy atom. The summed E-state index contributed by atoms with van der Waals surface area (Å²) in [5.41, 5.74) is 1.89. The minimum Gasteiger partial charge on any atom is -0.384 e. The summed E-state index contributed by atoms with van der Waals surface area (Å²) in [6, 6.07) is 10.1. The molecular weight excluding hydrogens is 218 g/mol. The molecule has 0 fully saturated rings. The first-order valence-corrected chi connectivity index (χ1v) is 6.01. The largest absolute Gasteiger partial charge is 0.384 e. The fourth-order valence-electron chi connectivity index (χ4n) is 1.90. The molecule has 0 saturated heterocycles. The summed E-state index contributed by atoms with van der Waals surface area (Å²) in [6.07, 6.45) is 3.12. The highest BCUT2D eigenvalue weighted by molar-refractivity contribution is 7.17. The SMILES string of the molecule is OC(c1cc[nH]c1)c1csc2ccccc12. The minimum atomic E-state index is -0.539. The van der Waals surface area contributed by atoms with Crippen LogP contribution in [-0.4, -0.2) is 10.1 Å². The van der Waals surface area contributed by atoms with Crippen molar-refractivity contribution >= 4 is 21.4 Å². The molecule has 2 aromatic heterocycles. The quantitative estimate of drug-likeness (QED) is 0.695. The Morgan fingerprint density at radius 1 is 1.19 bits per heavy atom. The van der Waals surface area contributed by atoms with Gasteiger partial charge in [-0.3, -0.25) is 0 Å². The molecule has 0 aliphatic carbocycles. The molecule has 1 atom stereocenters. The van der Waals surface area contributed by atoms with E-state index in [2.05, 4.69) is 17.1 Å². The number of aromatic amines is 1. The van der Waals surface area contributed by atoms with Gasteiger partial charge >= 0.3 is 0 Å². The monoisotopic (exact) mass is 229 g/mol. The molecule has 0 saturated carbocycles. The summed E-state index contributed by atoms with van der Waals surface area (Å²) in [4.78, 5) is 2.96. The number of nitrogens with one attached hydrogen (secondary N) is 1. The van der Waals surface area contributed by atoms with E-state index in [1.165, 1.54) is 4.70 Å². The summed E-state index contributed by atoms with van der Waals surface area (Å²) >= 11 is 1.67. The molecule has 0 aliphatic heterocycles. The number of aliphatic hydroxyl groups is 1. The highest BCUT2D eigenvalue weighted by Crippen LogP contribution is 2.33. The lowest BCUT2D eigenvalue weighted by molar-refractivity contribution is 0.222. The van der Waals surface area contributed by atoms with Crippen molar-refractivity contribution in [2.24, 2.45) is 0 Å². The Kier molecular flexibility index (Phi) is 2.27. The van der Waals surface area contributed by atoms with Crippen molar-refractivity contribution in [3.63, 3.8) is 0 Å². The second-order valence-corrected chi connectivity index (χ2v) is 4.65. The lowest BCUT2D eigenvalue weighted by atomic mass is 10.0. The molecule has 3 rings (SSSR count). The third-order valence-corrected chi connectivity index (χ3v) is 3.72. The van der Waals surface area contributed by atoms with Gasteiger partial charge in [-0.15, -0.1) is 11.3 Å². The van der Waals surface area contributed by atoms with Crippen LogP contribution in [0.2, 0.25) is 0 Å². The van der Waals surface area contributed by atoms with Gasteiger partial charge in [0.2, 0.25) is 0 Å². The van der Waals surface area contributed by atoms with Crippen molar-refractivity contribution in [3.05, 3.63) is 59.2 Å². The third kappa shape index (κ3) is 1.45. The van der Waals surface area contributed by atoms with Crippen molar-refractivity contribution in [1.29, 1.82) is 0 Å². The van der Waals surface area contributed by atoms with Crippen molar-refractivity contribution in [1.82, 2.24) is 4.98 Å². The molecule has 1 aromatic carbocycles. The van der Waals surface area contributed by atoms with E-state index < -0.39 is 6.10 Å². The van der Waals surface area contributed by atoms with Crippen LogP contribution in [-0.2, 0) is 0 Å². The maximum Gasteiger partial charge on any atom is 0.107 e. The fraction of sp³-hybridized carbons (Fsp3) is 0.0769. The van der Waals surface area contributed by atoms with E-state index in [0.717, 1.165) is 16.5 Å². The van der Waals surface area contributed by atoms with Gasteiger partial charge < -0.3 is 10.1 Å². The molecule has 0 aliphatic rings. The maximum absolute atomic E-state index is 10.3. The molecule has 0 spiro atoms. The lowest BCUT2D eigenvalue weighted by Gasteiger charge is -2.07. The molecule has 16 heavy (non-hydrogen) atoms. The highest BCUT2D eigenvalue weighted by Gasteiger charge is 2.14. The van der Waals surface area contributed by atoms with Gasteiger partial charge in [0.15, 0.2) is 0 Å². The zero-order valence-corrected chi connectivity index (χ0v) is 9.37. The Bertz CT molecular complexity index is 597. The van der Waals surface area contributed by atoms with Gasteiger partial charge in [-0.1, -0.05) is 18.2 Å². The number of thiophene rings is 1. The Morgan fingerprint density at radius 2 is 2.06 bits per heavy atom. The predicted molar refractivity (Wildman–Crippen MR) is 66.7 cm³/mol. The van der Waals surface area contributed by atoms with Crippen LogP contribution in [0, 0.1) is 0 Å². The van der Waals surface area contributed by atoms with Gasteiger partial charge in [0.25, 0.3) is 0 Å². The zero-order chi connectivity index (χ0) is 11.0. The molecule has 1 unspecified atom stereocenters. The topological polar surface area (TPSA) is 36.0 Å². The average molecular weight is 229 g/mol. The first-order valence-electron chi connectivity index (χ1n) is 5.13. The van der Waals surface area contributed by atoms with Crippen LogP contribution in [0.25, 0.3) is 10.1 Å². The van der Waals surface area contributed by atoms with Crippen LogP contribution in [0.5, 0.6) is 0 Å². The number of aliphatic hydroxyl groups excluding tert-OH is 1. The summed E-state index contributed by atoms with van der Waals surface area (Å²) < 4.78 is 1.21. The van der Waals surface area contributed by atoms with Crippen molar-refractivity contribution in [2.45, 2.75) is 6.10 Å². The number of fused-ring (bicyclic) bond motifs is 1. The molecule has 0 bridgehead atoms. The summed E-state index contributed by atoms with van der Waals surface area (Å²) in [6.45, 7) is 0. The summed E-state index contributed by atoms with van der Waals surface area (Å²) in [5.74, 6) is 0. The molecule has 2 nitrogen and oxygen atoms in total. The number of hydrogen-bond donors (Lipinski definition) is 2. The van der Waals surface area contributed by atoms with Crippen LogP contribution in [0.4, 0.5) is 0 Å². The van der Waals surface area contributed by atoms with Crippen LogP contribution < -0.4 is 0 Å². The number of benzene rings is 1. The van der Waals surface area contributed by atoms with E-state index in [1.807, 2.05) is 36.0 Å². The average Bonchev–Trinajstić information content (AvgIpc) is 2.98. The minimum absolute atomic E-state index is 0.539. The van der Waals surface area contributed by atoms with Gasteiger partial charge in [-0.25, -0.2) is 0 Å². The predicted octanol–water partition coefficient (Wildman–Crippen LogP) is 3.31. The number of rotatable bonds is 2. The summed E-state index contributed by atoms with van der Waals surface area (Å²) in [5, 5.41) is 13.4. The molecule has 0 radical (unpaired) electrons. The van der Waals surface area contributed by atoms with Crippen LogP contribution in [0.15, 0.2) is 48.1 Å². The van der Waals surface area contributed by atoms with Crippen molar-refractivity contribution in [3.8, 4) is 0 Å². The lowest BCUT2D eigenvalue weighted by Crippen LogP contribution is -1.96. The summed E-state index contributed by atoms with van der Waals surface area (Å²) in [7, 11) is 0. The van der Waals surface area contributed by atoms with E-state index in [-0.39, 0.29) is 0 Å². The molecule has 2 N–H and O–H groups in total. The highest BCUT2D eigenvalue weighted by atomic mass is 32.1. The third-order valence-electron chi connectivity index (χ3n) is 2.74. The number of aromatic nitrogens is 1. The smallest absolute Gasteiger partial charge is 0.107 e. The molecular formula is C13H11NOS. The van der Waals surface area contributed by atoms with Gasteiger partial charge in [0.1, 0.15) is 6.10 Å². The second kappa shape index (κ2) is 3.77. The zero-order valence-electron chi connectivity index (χ0n) is 8.55. The standard InChI is InChI=1S/C13H11NOS/c15-13(9-5-6-14-7-9)11-8-16-12-4-2-1-3-10(11)12/h1-8,13-15H. The van der Waals surface area contributed by atoms with Crippen LogP contribution in [0.3, 0.4) is 0 Å². The first kappa shape index (κ1) is 9.63. The van der Waals surface area contributed by atoms with Gasteiger partial charge in [-0.05, 0) is 22.9 Å². The van der Waals surface area contributed by atoms with E-state index >= 15 is 0 Å². The van der Waals surface area contributed by atoms with E-state index in [1.54, 1.807) is 11.3 Å². The normalized spacial score (nSPS) is 13.1. The maximum atomic E-state index is 10.3. The van der Waals surface area contributed by atoms with Gasteiger partial charge in [0.05, 0.1) is 0 Å². The Hall–Kier alpha value is -1.58. The van der Waals surface area contributed by atoms with Crippen LogP contribution >= 0.6 is 11.3 Å². The number of hydrogen-bond acceptors (Lipinski definition) is 2. The number of H-pyrrole nitrogens is 1. The van der Waals surface area contributed by atoms with Gasteiger partial charge in [0, 0.05) is 28.2 Å². The molecule has 3 heteroatoms.